The van der Waals surface area contributed by atoms with Gasteiger partial charge in [-0.05, 0) is 6.42 Å². The van der Waals surface area contributed by atoms with Crippen LogP contribution >= 0.6 is 0 Å². The summed E-state index contributed by atoms with van der Waals surface area (Å²) in [5.74, 6) is -0.304. The maximum Gasteiger partial charge on any atom is 0.378 e. The molecule has 2 radical (unpaired) electrons. The largest absolute Gasteiger partial charge is 0.543 e. The summed E-state index contributed by atoms with van der Waals surface area (Å²) < 4.78 is 4.02. The van der Waals surface area contributed by atoms with E-state index in [0.29, 0.717) is 6.42 Å². The minimum Gasteiger partial charge on any atom is -0.543 e. The number of unbranched alkanes of at least 4 members (excludes halogenated alkanes) is 4. The summed E-state index contributed by atoms with van der Waals surface area (Å²) in [7, 11) is 4.66. The van der Waals surface area contributed by atoms with Crippen LogP contribution in [0.5, 0.6) is 0 Å². The van der Waals surface area contributed by atoms with E-state index in [9.17, 15) is 4.79 Å². The average Bonchev–Trinajstić information content (AvgIpc) is 2.04. The Balaban J connectivity index is 2.95. The Morgan fingerprint density at radius 2 is 1.91 bits per heavy atom. The number of hydrogen-bond donors (Lipinski definition) is 0. The molecule has 0 fully saturated rings. The lowest BCUT2D eigenvalue weighted by molar-refractivity contribution is -0.134. The lowest BCUT2D eigenvalue weighted by Gasteiger charge is -1.98. The predicted molar refractivity (Wildman–Crippen MR) is 45.2 cm³/mol. The molecule has 0 aromatic heterocycles. The minimum absolute atomic E-state index is 0.304. The van der Waals surface area contributed by atoms with Gasteiger partial charge in [0.2, 0.25) is 0 Å². The second kappa shape index (κ2) is 7.64. The molecule has 3 heteroatoms. The summed E-state index contributed by atoms with van der Waals surface area (Å²) in [6, 6.07) is 0. The van der Waals surface area contributed by atoms with Crippen LogP contribution in [0.4, 0.5) is 0 Å². The fourth-order valence-electron chi connectivity index (χ4n) is 0.932. The zero-order chi connectivity index (χ0) is 8.53. The molecule has 0 unspecified atom stereocenters. The van der Waals surface area contributed by atoms with Crippen molar-refractivity contribution < 1.29 is 9.45 Å². The first kappa shape index (κ1) is 10.5. The molecule has 2 nitrogen and oxygen atoms in total. The zero-order valence-corrected chi connectivity index (χ0v) is 7.14. The van der Waals surface area contributed by atoms with Crippen molar-refractivity contribution >= 4 is 14.0 Å². The first-order chi connectivity index (χ1) is 5.31. The van der Waals surface area contributed by atoms with E-state index in [1.165, 1.54) is 19.3 Å². The summed E-state index contributed by atoms with van der Waals surface area (Å²) >= 11 is 0. The fourth-order valence-corrected chi connectivity index (χ4v) is 0.932. The zero-order valence-electron chi connectivity index (χ0n) is 7.14. The van der Waals surface area contributed by atoms with E-state index in [1.807, 2.05) is 0 Å². The van der Waals surface area contributed by atoms with Crippen molar-refractivity contribution in [2.45, 2.75) is 45.4 Å². The Bertz CT molecular complexity index is 104. The van der Waals surface area contributed by atoms with Gasteiger partial charge >= 0.3 is 8.05 Å². The van der Waals surface area contributed by atoms with Gasteiger partial charge in [0.25, 0.3) is 5.97 Å². The SMILES string of the molecule is [B]OC(=O)CCCCCCC. The summed E-state index contributed by atoms with van der Waals surface area (Å²) in [5, 5.41) is 0. The predicted octanol–water partition coefficient (Wildman–Crippen LogP) is 1.97. The molecule has 0 aliphatic carbocycles. The molecule has 0 atom stereocenters. The number of carbonyl (C=O) groups is 1. The topological polar surface area (TPSA) is 26.3 Å². The number of hydrogen-bond acceptors (Lipinski definition) is 2. The molecule has 0 spiro atoms. The van der Waals surface area contributed by atoms with E-state index in [4.69, 9.17) is 0 Å². The summed E-state index contributed by atoms with van der Waals surface area (Å²) in [4.78, 5) is 10.5. The molecular weight excluding hydrogens is 139 g/mol. The molecule has 0 bridgehead atoms. The molecule has 0 N–H and O–H groups in total. The Morgan fingerprint density at radius 3 is 2.45 bits per heavy atom. The van der Waals surface area contributed by atoms with Gasteiger partial charge in [-0.2, -0.15) is 0 Å². The third kappa shape index (κ3) is 7.43. The molecule has 62 valence electrons. The molecule has 0 saturated carbocycles. The van der Waals surface area contributed by atoms with Crippen LogP contribution in [0.3, 0.4) is 0 Å². The Morgan fingerprint density at radius 1 is 1.27 bits per heavy atom. The molecule has 0 amide bonds. The molecule has 0 aliphatic rings. The highest BCUT2D eigenvalue weighted by atomic mass is 16.5. The van der Waals surface area contributed by atoms with Crippen molar-refractivity contribution in [1.82, 2.24) is 0 Å². The van der Waals surface area contributed by atoms with Crippen molar-refractivity contribution in [2.75, 3.05) is 0 Å². The summed E-state index contributed by atoms with van der Waals surface area (Å²) in [6.45, 7) is 2.16. The van der Waals surface area contributed by atoms with Gasteiger partial charge in [-0.15, -0.1) is 0 Å². The minimum atomic E-state index is -0.304. The van der Waals surface area contributed by atoms with Gasteiger partial charge in [0.1, 0.15) is 0 Å². The van der Waals surface area contributed by atoms with Crippen molar-refractivity contribution in [1.29, 1.82) is 0 Å². The number of rotatable bonds is 6. The van der Waals surface area contributed by atoms with E-state index in [2.05, 4.69) is 19.6 Å². The van der Waals surface area contributed by atoms with Crippen LogP contribution in [0.15, 0.2) is 0 Å². The normalized spacial score (nSPS) is 9.55. The van der Waals surface area contributed by atoms with Gasteiger partial charge in [-0.1, -0.05) is 32.6 Å². The quantitative estimate of drug-likeness (QED) is 0.431. The van der Waals surface area contributed by atoms with Gasteiger partial charge in [-0.3, -0.25) is 4.79 Å². The van der Waals surface area contributed by atoms with Gasteiger partial charge in [0.15, 0.2) is 0 Å². The maximum absolute atomic E-state index is 10.5. The Kier molecular flexibility index (Phi) is 7.32. The molecule has 0 aromatic carbocycles. The second-order valence-corrected chi connectivity index (χ2v) is 2.65. The van der Waals surface area contributed by atoms with Crippen LogP contribution in [-0.4, -0.2) is 14.0 Å². The monoisotopic (exact) mass is 154 g/mol. The lowest BCUT2D eigenvalue weighted by Crippen LogP contribution is -2.00. The van der Waals surface area contributed by atoms with Crippen LogP contribution in [-0.2, 0) is 9.45 Å². The third-order valence-corrected chi connectivity index (χ3v) is 1.62. The van der Waals surface area contributed by atoms with Crippen LogP contribution in [0.2, 0.25) is 0 Å². The standard InChI is InChI=1S/C8H15BO2/c1-2-3-4-5-6-7-8(10)11-9/h2-7H2,1H3. The van der Waals surface area contributed by atoms with Gasteiger partial charge in [0.05, 0.1) is 0 Å². The summed E-state index contributed by atoms with van der Waals surface area (Å²) in [6.07, 6.45) is 6.13. The van der Waals surface area contributed by atoms with Crippen molar-refractivity contribution in [3.05, 3.63) is 0 Å². The van der Waals surface area contributed by atoms with Crippen LogP contribution in [0.1, 0.15) is 45.4 Å². The molecule has 0 aliphatic heterocycles. The Hall–Kier alpha value is -0.465. The average molecular weight is 154 g/mol. The van der Waals surface area contributed by atoms with E-state index < -0.39 is 0 Å². The van der Waals surface area contributed by atoms with Crippen molar-refractivity contribution in [3.8, 4) is 0 Å². The highest BCUT2D eigenvalue weighted by Crippen LogP contribution is 2.04. The fraction of sp³-hybridized carbons (Fsp3) is 0.875. The molecule has 0 heterocycles. The van der Waals surface area contributed by atoms with E-state index in [1.54, 1.807) is 0 Å². The highest BCUT2D eigenvalue weighted by Gasteiger charge is 1.97. The van der Waals surface area contributed by atoms with Gasteiger partial charge in [0, 0.05) is 6.42 Å². The molecule has 0 rings (SSSR count). The van der Waals surface area contributed by atoms with Crippen LogP contribution in [0, 0.1) is 0 Å². The first-order valence-electron chi connectivity index (χ1n) is 4.20. The molecular formula is C8H15BO2. The molecule has 0 aromatic rings. The van der Waals surface area contributed by atoms with Crippen molar-refractivity contribution in [3.63, 3.8) is 0 Å². The highest BCUT2D eigenvalue weighted by molar-refractivity contribution is 6.05. The van der Waals surface area contributed by atoms with Gasteiger partial charge < -0.3 is 4.65 Å². The van der Waals surface area contributed by atoms with E-state index >= 15 is 0 Å². The molecule has 0 saturated heterocycles. The second-order valence-electron chi connectivity index (χ2n) is 2.65. The van der Waals surface area contributed by atoms with E-state index in [0.717, 1.165) is 12.8 Å². The third-order valence-electron chi connectivity index (χ3n) is 1.62. The Labute approximate surface area is 69.8 Å². The maximum atomic E-state index is 10.5. The number of carbonyl (C=O) groups excluding carboxylic acids is 1. The van der Waals surface area contributed by atoms with Crippen LogP contribution in [0.25, 0.3) is 0 Å². The van der Waals surface area contributed by atoms with E-state index in [-0.39, 0.29) is 5.97 Å². The molecule has 11 heavy (non-hydrogen) atoms. The summed E-state index contributed by atoms with van der Waals surface area (Å²) in [5.41, 5.74) is 0. The van der Waals surface area contributed by atoms with Crippen LogP contribution < -0.4 is 0 Å². The van der Waals surface area contributed by atoms with Crippen molar-refractivity contribution in [2.24, 2.45) is 0 Å². The van der Waals surface area contributed by atoms with Gasteiger partial charge in [-0.25, -0.2) is 0 Å². The first-order valence-corrected chi connectivity index (χ1v) is 4.20. The lowest BCUT2D eigenvalue weighted by atomic mass is 10.1. The smallest absolute Gasteiger partial charge is 0.378 e.